The fourth-order valence-corrected chi connectivity index (χ4v) is 2.03. The van der Waals surface area contributed by atoms with Crippen LogP contribution in [-0.2, 0) is 16.5 Å². The summed E-state index contributed by atoms with van der Waals surface area (Å²) in [5.74, 6) is 0. The van der Waals surface area contributed by atoms with Crippen LogP contribution in [0.15, 0.2) is 91.0 Å². The van der Waals surface area contributed by atoms with Crippen LogP contribution < -0.4 is 15.9 Å². The van der Waals surface area contributed by atoms with Crippen molar-refractivity contribution < 1.29 is 16.5 Å². The predicted octanol–water partition coefficient (Wildman–Crippen LogP) is 3.56. The van der Waals surface area contributed by atoms with Crippen LogP contribution in [0.3, 0.4) is 0 Å². The minimum Gasteiger partial charge on any atom is -0.106 e. The van der Waals surface area contributed by atoms with Crippen molar-refractivity contribution in [2.75, 3.05) is 0 Å². The van der Waals surface area contributed by atoms with Crippen LogP contribution in [0, 0.1) is 0 Å². The molecule has 0 aromatic heterocycles. The summed E-state index contributed by atoms with van der Waals surface area (Å²) < 4.78 is 0. The van der Waals surface area contributed by atoms with Crippen molar-refractivity contribution in [2.24, 2.45) is 0 Å². The standard InChI is InChI=1S/3C6H7P.Ni/c3*7-6-4-2-1-3-5-6;/h3*1-5H,7H2;. The van der Waals surface area contributed by atoms with Gasteiger partial charge in [0.05, 0.1) is 0 Å². The van der Waals surface area contributed by atoms with Gasteiger partial charge in [0.1, 0.15) is 0 Å². The smallest absolute Gasteiger partial charge is 0 e. The van der Waals surface area contributed by atoms with Crippen molar-refractivity contribution in [3.63, 3.8) is 0 Å². The van der Waals surface area contributed by atoms with Gasteiger partial charge in [-0.3, -0.25) is 0 Å². The van der Waals surface area contributed by atoms with E-state index in [2.05, 4.69) is 27.7 Å². The summed E-state index contributed by atoms with van der Waals surface area (Å²) in [5.41, 5.74) is 0. The molecule has 0 fully saturated rings. The molecule has 4 heteroatoms. The minimum absolute atomic E-state index is 0. The van der Waals surface area contributed by atoms with Gasteiger partial charge in [0.25, 0.3) is 0 Å². The number of hydrogen-bond donors (Lipinski definition) is 0. The maximum absolute atomic E-state index is 2.63. The Morgan fingerprint density at radius 1 is 0.364 bits per heavy atom. The Bertz CT molecular complexity index is 497. The first-order valence-corrected chi connectivity index (χ1v) is 8.33. The molecule has 0 saturated heterocycles. The van der Waals surface area contributed by atoms with Crippen molar-refractivity contribution in [2.45, 2.75) is 0 Å². The van der Waals surface area contributed by atoms with Crippen LogP contribution in [0.2, 0.25) is 0 Å². The summed E-state index contributed by atoms with van der Waals surface area (Å²) in [6.07, 6.45) is 0. The van der Waals surface area contributed by atoms with E-state index in [1.165, 1.54) is 15.9 Å². The molecule has 0 saturated carbocycles. The van der Waals surface area contributed by atoms with Crippen LogP contribution in [0.1, 0.15) is 0 Å². The molecule has 3 atom stereocenters. The van der Waals surface area contributed by atoms with E-state index in [-0.39, 0.29) is 16.5 Å². The van der Waals surface area contributed by atoms with E-state index in [1.807, 2.05) is 91.0 Å². The van der Waals surface area contributed by atoms with E-state index in [0.717, 1.165) is 0 Å². The Labute approximate surface area is 151 Å². The monoisotopic (exact) mass is 388 g/mol. The van der Waals surface area contributed by atoms with Crippen molar-refractivity contribution in [1.29, 1.82) is 0 Å². The number of hydrogen-bond acceptors (Lipinski definition) is 0. The zero-order valence-corrected chi connectivity index (χ0v) is 16.7. The maximum atomic E-state index is 2.63. The Morgan fingerprint density at radius 2 is 0.545 bits per heavy atom. The van der Waals surface area contributed by atoms with E-state index in [9.17, 15) is 0 Å². The summed E-state index contributed by atoms with van der Waals surface area (Å²) in [6.45, 7) is 0. The van der Waals surface area contributed by atoms with E-state index < -0.39 is 0 Å². The topological polar surface area (TPSA) is 0 Å². The van der Waals surface area contributed by atoms with Crippen LogP contribution in [-0.4, -0.2) is 0 Å². The van der Waals surface area contributed by atoms with Crippen molar-refractivity contribution in [3.8, 4) is 0 Å². The molecule has 0 spiro atoms. The van der Waals surface area contributed by atoms with E-state index in [0.29, 0.717) is 0 Å². The van der Waals surface area contributed by atoms with Gasteiger partial charge in [0, 0.05) is 16.5 Å². The zero-order valence-electron chi connectivity index (χ0n) is 12.2. The first-order chi connectivity index (χ1) is 10.2. The molecule has 3 rings (SSSR count). The molecule has 0 aliphatic heterocycles. The molecular weight excluding hydrogens is 368 g/mol. The third-order valence-corrected chi connectivity index (χ3v) is 3.55. The molecule has 0 aliphatic rings. The van der Waals surface area contributed by atoms with E-state index in [4.69, 9.17) is 0 Å². The average molecular weight is 389 g/mol. The largest absolute Gasteiger partial charge is 0.106 e. The molecule has 118 valence electrons. The van der Waals surface area contributed by atoms with Crippen LogP contribution in [0.5, 0.6) is 0 Å². The molecule has 0 amide bonds. The maximum Gasteiger partial charge on any atom is 0 e. The van der Waals surface area contributed by atoms with Crippen LogP contribution >= 0.6 is 27.7 Å². The number of rotatable bonds is 0. The SMILES string of the molecule is Pc1ccccc1.Pc1ccccc1.Pc1ccccc1.[Ni]. The van der Waals surface area contributed by atoms with Gasteiger partial charge in [-0.2, -0.15) is 0 Å². The molecule has 3 unspecified atom stereocenters. The molecule has 22 heavy (non-hydrogen) atoms. The van der Waals surface area contributed by atoms with Gasteiger partial charge in [0.2, 0.25) is 0 Å². The van der Waals surface area contributed by atoms with Gasteiger partial charge in [0.15, 0.2) is 0 Å². The Hall–Kier alpha value is -0.556. The van der Waals surface area contributed by atoms with Gasteiger partial charge in [-0.15, -0.1) is 27.7 Å². The molecule has 0 bridgehead atoms. The zero-order chi connectivity index (χ0) is 15.3. The second-order valence-electron chi connectivity index (χ2n) is 4.23. The minimum atomic E-state index is 0. The summed E-state index contributed by atoms with van der Waals surface area (Å²) in [4.78, 5) is 0. The van der Waals surface area contributed by atoms with Crippen LogP contribution in [0.25, 0.3) is 0 Å². The molecule has 3 aromatic rings. The van der Waals surface area contributed by atoms with E-state index in [1.54, 1.807) is 0 Å². The quantitative estimate of drug-likeness (QED) is 0.408. The van der Waals surface area contributed by atoms with E-state index >= 15 is 0 Å². The third-order valence-electron chi connectivity index (χ3n) is 2.40. The normalized spacial score (nSPS) is 8.32. The Kier molecular flexibility index (Phi) is 13.7. The molecule has 3 aromatic carbocycles. The van der Waals surface area contributed by atoms with Gasteiger partial charge in [-0.25, -0.2) is 0 Å². The first-order valence-electron chi connectivity index (χ1n) is 6.60. The Morgan fingerprint density at radius 3 is 0.636 bits per heavy atom. The Balaban J connectivity index is 0.000000294. The fraction of sp³-hybridized carbons (Fsp3) is 0. The van der Waals surface area contributed by atoms with Crippen LogP contribution in [0.4, 0.5) is 0 Å². The first kappa shape index (κ1) is 21.4. The van der Waals surface area contributed by atoms with Crippen molar-refractivity contribution in [3.05, 3.63) is 91.0 Å². The average Bonchev–Trinajstić information content (AvgIpc) is 2.51. The number of benzene rings is 3. The van der Waals surface area contributed by atoms with Gasteiger partial charge in [-0.05, 0) is 15.9 Å². The molecule has 0 N–H and O–H groups in total. The molecular formula is C18H21NiP3. The molecule has 0 heterocycles. The van der Waals surface area contributed by atoms with Gasteiger partial charge in [-0.1, -0.05) is 91.0 Å². The summed E-state index contributed by atoms with van der Waals surface area (Å²) in [5, 5.41) is 3.72. The van der Waals surface area contributed by atoms with Gasteiger partial charge < -0.3 is 0 Å². The van der Waals surface area contributed by atoms with Gasteiger partial charge >= 0.3 is 0 Å². The van der Waals surface area contributed by atoms with Crippen molar-refractivity contribution in [1.82, 2.24) is 0 Å². The van der Waals surface area contributed by atoms with Crippen molar-refractivity contribution >= 4 is 43.6 Å². The molecule has 0 nitrogen and oxygen atoms in total. The second kappa shape index (κ2) is 14.1. The summed E-state index contributed by atoms with van der Waals surface area (Å²) in [7, 11) is 7.89. The molecule has 0 radical (unpaired) electrons. The third kappa shape index (κ3) is 12.0. The molecule has 0 aliphatic carbocycles. The second-order valence-corrected chi connectivity index (χ2v) is 6.23. The summed E-state index contributed by atoms with van der Waals surface area (Å²) >= 11 is 0. The fourth-order valence-electron chi connectivity index (χ4n) is 1.36. The predicted molar refractivity (Wildman–Crippen MR) is 107 cm³/mol. The summed E-state index contributed by atoms with van der Waals surface area (Å²) in [6, 6.07) is 30.4.